The van der Waals surface area contributed by atoms with Gasteiger partial charge in [0, 0.05) is 56.8 Å². The van der Waals surface area contributed by atoms with E-state index in [1.807, 2.05) is 18.2 Å². The minimum Gasteiger partial charge on any atom is -0.494 e. The van der Waals surface area contributed by atoms with Crippen molar-refractivity contribution in [2.24, 2.45) is 11.8 Å². The first kappa shape index (κ1) is 33.6. The Morgan fingerprint density at radius 1 is 0.978 bits per heavy atom. The van der Waals surface area contributed by atoms with Crippen molar-refractivity contribution in [3.63, 3.8) is 0 Å². The summed E-state index contributed by atoms with van der Waals surface area (Å²) >= 11 is 0. The van der Waals surface area contributed by atoms with Gasteiger partial charge >= 0.3 is 0 Å². The third-order valence-corrected chi connectivity index (χ3v) is 10.4. The molecule has 3 heterocycles. The maximum absolute atomic E-state index is 13.0. The van der Waals surface area contributed by atoms with Crippen molar-refractivity contribution in [2.75, 3.05) is 44.2 Å². The van der Waals surface area contributed by atoms with Crippen LogP contribution >= 0.6 is 0 Å². The number of anilines is 1. The molecule has 3 amide bonds. The monoisotopic (exact) mass is 630 g/mol. The number of rotatable bonds is 14. The molecule has 0 bridgehead atoms. The zero-order chi connectivity index (χ0) is 32.8. The molecule has 2 saturated heterocycles. The molecule has 4 atom stereocenters. The van der Waals surface area contributed by atoms with Crippen molar-refractivity contribution < 1.29 is 23.9 Å². The van der Waals surface area contributed by atoms with Gasteiger partial charge in [0.25, 0.3) is 5.91 Å². The van der Waals surface area contributed by atoms with E-state index in [-0.39, 0.29) is 24.0 Å². The molecule has 2 aromatic rings. The zero-order valence-electron chi connectivity index (χ0n) is 27.9. The quantitative estimate of drug-likeness (QED) is 0.227. The highest BCUT2D eigenvalue weighted by molar-refractivity contribution is 6.05. The van der Waals surface area contributed by atoms with Crippen molar-refractivity contribution in [1.29, 1.82) is 0 Å². The smallest absolute Gasteiger partial charge is 0.255 e. The molecule has 2 unspecified atom stereocenters. The average molecular weight is 631 g/mol. The van der Waals surface area contributed by atoms with Crippen LogP contribution in [-0.2, 0) is 20.9 Å². The van der Waals surface area contributed by atoms with Crippen molar-refractivity contribution in [1.82, 2.24) is 15.1 Å². The lowest BCUT2D eigenvalue weighted by Gasteiger charge is -2.36. The number of Topliss-reactive ketones (excluding diaryl/α,β-unsaturated/α-hetero) is 1. The highest BCUT2D eigenvalue weighted by Gasteiger charge is 2.39. The number of ketones is 1. The Morgan fingerprint density at radius 3 is 2.39 bits per heavy atom. The van der Waals surface area contributed by atoms with Crippen LogP contribution < -0.4 is 15.0 Å². The van der Waals surface area contributed by atoms with Gasteiger partial charge in [-0.05, 0) is 78.5 Å². The summed E-state index contributed by atoms with van der Waals surface area (Å²) < 4.78 is 5.97. The van der Waals surface area contributed by atoms with Crippen LogP contribution in [0.1, 0.15) is 93.6 Å². The first-order valence-electron chi connectivity index (χ1n) is 17.2. The van der Waals surface area contributed by atoms with Gasteiger partial charge < -0.3 is 14.5 Å². The first-order chi connectivity index (χ1) is 22.2. The first-order valence-corrected chi connectivity index (χ1v) is 17.2. The van der Waals surface area contributed by atoms with Gasteiger partial charge in [-0.3, -0.25) is 29.4 Å². The molecule has 3 aliphatic rings. The minimum absolute atomic E-state index is 0.157. The Balaban J connectivity index is 1.02. The molecule has 2 aromatic carbocycles. The normalized spacial score (nSPS) is 20.7. The molecule has 0 radical (unpaired) electrons. The van der Waals surface area contributed by atoms with E-state index in [9.17, 15) is 19.2 Å². The number of hydrogen-bond donors (Lipinski definition) is 1. The van der Waals surface area contributed by atoms with Gasteiger partial charge in [-0.1, -0.05) is 46.2 Å². The van der Waals surface area contributed by atoms with E-state index in [2.05, 4.69) is 67.1 Å². The predicted octanol–water partition coefficient (Wildman–Crippen LogP) is 5.17. The summed E-state index contributed by atoms with van der Waals surface area (Å²) in [7, 11) is 0. The van der Waals surface area contributed by atoms with Crippen LogP contribution in [-0.4, -0.2) is 78.7 Å². The molecule has 9 nitrogen and oxygen atoms in total. The van der Waals surface area contributed by atoms with Gasteiger partial charge in [0.05, 0.1) is 13.2 Å². The molecule has 0 spiro atoms. The molecule has 0 aromatic heterocycles. The van der Waals surface area contributed by atoms with Gasteiger partial charge in [0.2, 0.25) is 11.8 Å². The molecule has 46 heavy (non-hydrogen) atoms. The van der Waals surface area contributed by atoms with Gasteiger partial charge in [-0.2, -0.15) is 0 Å². The largest absolute Gasteiger partial charge is 0.494 e. The molecular formula is C37H50N4O5. The van der Waals surface area contributed by atoms with Crippen molar-refractivity contribution in [3.05, 3.63) is 59.2 Å². The molecule has 9 heteroatoms. The molecule has 248 valence electrons. The number of benzene rings is 2. The van der Waals surface area contributed by atoms with Crippen molar-refractivity contribution in [3.8, 4) is 5.75 Å². The lowest BCUT2D eigenvalue weighted by Crippen LogP contribution is -2.52. The third-order valence-electron chi connectivity index (χ3n) is 10.4. The van der Waals surface area contributed by atoms with Crippen LogP contribution in [0.5, 0.6) is 5.75 Å². The Hall–Kier alpha value is -3.72. The summed E-state index contributed by atoms with van der Waals surface area (Å²) in [6, 6.07) is 13.8. The number of carbonyl (C=O) groups excluding carboxylic acids is 4. The van der Waals surface area contributed by atoms with Crippen molar-refractivity contribution >= 4 is 29.2 Å². The highest BCUT2D eigenvalue weighted by atomic mass is 16.5. The standard InChI is InChI=1S/C37H50N4O5/c1-5-25(3)26(4)32(6-2)27-9-12-31(13-10-27)46-21-7-8-30(42)24-39-17-19-40(20-18-39)29-11-14-33-28(22-29)23-41(37(33)45)34-15-16-35(43)38-36(34)44/h9-14,22,25-26,32,34H,5-8,15-21,23-24H2,1-4H3,(H,38,43,44)/t25?,26-,32-,34?/m1/s1. The highest BCUT2D eigenvalue weighted by Crippen LogP contribution is 2.35. The lowest BCUT2D eigenvalue weighted by molar-refractivity contribution is -0.137. The summed E-state index contributed by atoms with van der Waals surface area (Å²) in [5.74, 6) is 2.15. The molecule has 5 rings (SSSR count). The molecule has 1 N–H and O–H groups in total. The number of hydrogen-bond acceptors (Lipinski definition) is 7. The second-order valence-corrected chi connectivity index (χ2v) is 13.3. The number of ether oxygens (including phenoxy) is 1. The molecule has 2 fully saturated rings. The van der Waals surface area contributed by atoms with E-state index >= 15 is 0 Å². The molecular weight excluding hydrogens is 580 g/mol. The van der Waals surface area contributed by atoms with Crippen LogP contribution in [0, 0.1) is 11.8 Å². The lowest BCUT2D eigenvalue weighted by atomic mass is 9.77. The fourth-order valence-corrected chi connectivity index (χ4v) is 7.20. The maximum atomic E-state index is 13.0. The number of nitrogens with zero attached hydrogens (tertiary/aromatic N) is 3. The summed E-state index contributed by atoms with van der Waals surface area (Å²) in [5.41, 5.74) is 3.95. The second kappa shape index (κ2) is 15.2. The Morgan fingerprint density at radius 2 is 1.72 bits per heavy atom. The van der Waals surface area contributed by atoms with Crippen LogP contribution in [0.4, 0.5) is 5.69 Å². The van der Waals surface area contributed by atoms with Gasteiger partial charge in [-0.15, -0.1) is 0 Å². The fourth-order valence-electron chi connectivity index (χ4n) is 7.20. The Kier molecular flexibility index (Phi) is 11.1. The van der Waals surface area contributed by atoms with Crippen LogP contribution in [0.15, 0.2) is 42.5 Å². The Labute approximate surface area is 273 Å². The summed E-state index contributed by atoms with van der Waals surface area (Å²) in [6.45, 7) is 13.8. The average Bonchev–Trinajstić information content (AvgIpc) is 3.39. The van der Waals surface area contributed by atoms with E-state index in [1.54, 1.807) is 4.90 Å². The van der Waals surface area contributed by atoms with E-state index in [4.69, 9.17) is 4.74 Å². The third kappa shape index (κ3) is 7.80. The van der Waals surface area contributed by atoms with Crippen LogP contribution in [0.2, 0.25) is 0 Å². The number of piperazine rings is 1. The molecule has 0 aliphatic carbocycles. The number of piperidine rings is 1. The number of amides is 3. The van der Waals surface area contributed by atoms with E-state index in [0.717, 1.165) is 49.6 Å². The summed E-state index contributed by atoms with van der Waals surface area (Å²) in [6.07, 6.45) is 4.14. The zero-order valence-corrected chi connectivity index (χ0v) is 27.9. The number of fused-ring (bicyclic) bond motifs is 1. The SMILES string of the molecule is CCC(C)[C@@H](C)[C@@H](CC)c1ccc(OCCCC(=O)CN2CCN(c3ccc4c(c3)CN(C3CCC(=O)NC3=O)C4=O)CC2)cc1. The summed E-state index contributed by atoms with van der Waals surface area (Å²) in [5, 5.41) is 2.35. The van der Waals surface area contributed by atoms with Crippen LogP contribution in [0.25, 0.3) is 0 Å². The van der Waals surface area contributed by atoms with Gasteiger partial charge in [0.15, 0.2) is 0 Å². The number of nitrogens with one attached hydrogen (secondary N) is 1. The fraction of sp³-hybridized carbons (Fsp3) is 0.568. The molecule has 3 aliphatic heterocycles. The van der Waals surface area contributed by atoms with E-state index in [0.29, 0.717) is 62.3 Å². The second-order valence-electron chi connectivity index (χ2n) is 13.3. The van der Waals surface area contributed by atoms with Gasteiger partial charge in [0.1, 0.15) is 17.6 Å². The summed E-state index contributed by atoms with van der Waals surface area (Å²) in [4.78, 5) is 55.7. The topological polar surface area (TPSA) is 99.3 Å². The number of imide groups is 1. The van der Waals surface area contributed by atoms with Gasteiger partial charge in [-0.25, -0.2) is 0 Å². The van der Waals surface area contributed by atoms with Crippen LogP contribution in [0.3, 0.4) is 0 Å². The number of carbonyl (C=O) groups is 4. The molecule has 0 saturated carbocycles. The maximum Gasteiger partial charge on any atom is 0.255 e. The van der Waals surface area contributed by atoms with Crippen molar-refractivity contribution in [2.45, 2.75) is 84.7 Å². The predicted molar refractivity (Wildman–Crippen MR) is 179 cm³/mol. The Bertz CT molecular complexity index is 1400. The van der Waals surface area contributed by atoms with E-state index < -0.39 is 11.9 Å². The minimum atomic E-state index is -0.609. The van der Waals surface area contributed by atoms with E-state index in [1.165, 1.54) is 12.0 Å².